The number of carboxylic acid groups (broad SMARTS) is 1. The third-order valence-electron chi connectivity index (χ3n) is 4.41. The summed E-state index contributed by atoms with van der Waals surface area (Å²) in [6.45, 7) is 8.01. The average molecular weight is 339 g/mol. The van der Waals surface area contributed by atoms with Crippen LogP contribution in [0.2, 0.25) is 0 Å². The van der Waals surface area contributed by atoms with Crippen LogP contribution in [0.1, 0.15) is 43.1 Å². The van der Waals surface area contributed by atoms with Gasteiger partial charge in [0.25, 0.3) is 0 Å². The number of carbonyl (C=O) groups is 2. The van der Waals surface area contributed by atoms with Gasteiger partial charge in [0.15, 0.2) is 0 Å². The van der Waals surface area contributed by atoms with E-state index in [1.165, 1.54) is 6.07 Å². The van der Waals surface area contributed by atoms with E-state index in [0.29, 0.717) is 5.69 Å². The Morgan fingerprint density at radius 2 is 1.68 bits per heavy atom. The summed E-state index contributed by atoms with van der Waals surface area (Å²) in [6.07, 6.45) is 0.743. The van der Waals surface area contributed by atoms with Crippen LogP contribution in [0.4, 0.5) is 5.69 Å². The van der Waals surface area contributed by atoms with Crippen LogP contribution in [0.15, 0.2) is 42.5 Å². The van der Waals surface area contributed by atoms with E-state index in [4.69, 9.17) is 0 Å². The highest BCUT2D eigenvalue weighted by Crippen LogP contribution is 2.26. The normalized spacial score (nSPS) is 12.0. The Kier molecular flexibility index (Phi) is 5.97. The summed E-state index contributed by atoms with van der Waals surface area (Å²) >= 11 is 0. The summed E-state index contributed by atoms with van der Waals surface area (Å²) in [6, 6.07) is 12.8. The second-order valence-corrected chi connectivity index (χ2v) is 6.72. The van der Waals surface area contributed by atoms with Crippen molar-refractivity contribution in [1.82, 2.24) is 0 Å². The number of benzene rings is 2. The molecule has 2 aromatic rings. The van der Waals surface area contributed by atoms with Crippen LogP contribution in [0.5, 0.6) is 0 Å². The van der Waals surface area contributed by atoms with Crippen LogP contribution in [0, 0.1) is 18.8 Å². The molecule has 0 heterocycles. The number of aromatic carboxylic acids is 1. The fourth-order valence-electron chi connectivity index (χ4n) is 2.93. The molecule has 2 N–H and O–H groups in total. The number of carboxylic acids is 1. The van der Waals surface area contributed by atoms with E-state index < -0.39 is 5.97 Å². The van der Waals surface area contributed by atoms with Crippen molar-refractivity contribution in [3.63, 3.8) is 0 Å². The molecule has 2 aromatic carbocycles. The van der Waals surface area contributed by atoms with E-state index in [9.17, 15) is 14.7 Å². The molecule has 25 heavy (non-hydrogen) atoms. The molecule has 0 aliphatic heterocycles. The lowest BCUT2D eigenvalue weighted by Crippen LogP contribution is -2.26. The van der Waals surface area contributed by atoms with Gasteiger partial charge in [-0.05, 0) is 48.6 Å². The molecule has 4 heteroatoms. The lowest BCUT2D eigenvalue weighted by molar-refractivity contribution is -0.121. The summed E-state index contributed by atoms with van der Waals surface area (Å²) < 4.78 is 0. The van der Waals surface area contributed by atoms with Gasteiger partial charge < -0.3 is 10.4 Å². The predicted molar refractivity (Wildman–Crippen MR) is 101 cm³/mol. The first-order valence-corrected chi connectivity index (χ1v) is 8.58. The SMILES string of the molecule is CCC(C(=O)Nc1cc(C(=O)O)cc(-c2ccc(C)cc2)c1)C(C)C. The quantitative estimate of drug-likeness (QED) is 0.780. The molecule has 0 spiro atoms. The smallest absolute Gasteiger partial charge is 0.335 e. The van der Waals surface area contributed by atoms with Gasteiger partial charge in [-0.2, -0.15) is 0 Å². The predicted octanol–water partition coefficient (Wildman–Crippen LogP) is 4.98. The Hall–Kier alpha value is -2.62. The van der Waals surface area contributed by atoms with Gasteiger partial charge in [0.05, 0.1) is 5.56 Å². The zero-order chi connectivity index (χ0) is 18.6. The molecule has 0 fully saturated rings. The minimum Gasteiger partial charge on any atom is -0.478 e. The zero-order valence-corrected chi connectivity index (χ0v) is 15.2. The van der Waals surface area contributed by atoms with Crippen molar-refractivity contribution in [2.45, 2.75) is 34.1 Å². The second-order valence-electron chi connectivity index (χ2n) is 6.72. The third-order valence-corrected chi connectivity index (χ3v) is 4.41. The minimum absolute atomic E-state index is 0.0742. The van der Waals surface area contributed by atoms with Crippen molar-refractivity contribution in [1.29, 1.82) is 0 Å². The molecular formula is C21H25NO3. The summed E-state index contributed by atoms with van der Waals surface area (Å²) in [7, 11) is 0. The Balaban J connectivity index is 2.39. The van der Waals surface area contributed by atoms with E-state index in [1.54, 1.807) is 6.07 Å². The Labute approximate surface area is 148 Å². The molecule has 0 saturated heterocycles. The third kappa shape index (κ3) is 4.69. The summed E-state index contributed by atoms with van der Waals surface area (Å²) in [5.74, 6) is -0.962. The van der Waals surface area contributed by atoms with Crippen molar-refractivity contribution in [2.24, 2.45) is 11.8 Å². The Bertz CT molecular complexity index is 763. The number of rotatable bonds is 6. The van der Waals surface area contributed by atoms with Gasteiger partial charge in [-0.25, -0.2) is 4.79 Å². The van der Waals surface area contributed by atoms with Crippen LogP contribution in [-0.4, -0.2) is 17.0 Å². The molecule has 0 aromatic heterocycles. The molecule has 0 aliphatic carbocycles. The van der Waals surface area contributed by atoms with E-state index in [-0.39, 0.29) is 23.3 Å². The van der Waals surface area contributed by atoms with Gasteiger partial charge in [-0.3, -0.25) is 4.79 Å². The minimum atomic E-state index is -1.01. The number of anilines is 1. The molecular weight excluding hydrogens is 314 g/mol. The van der Waals surface area contributed by atoms with E-state index >= 15 is 0 Å². The van der Waals surface area contributed by atoms with Gasteiger partial charge >= 0.3 is 5.97 Å². The first-order chi connectivity index (χ1) is 11.8. The molecule has 2 rings (SSSR count). The fraction of sp³-hybridized carbons (Fsp3) is 0.333. The molecule has 1 atom stereocenters. The van der Waals surface area contributed by atoms with Crippen molar-refractivity contribution in [3.8, 4) is 11.1 Å². The van der Waals surface area contributed by atoms with Gasteiger partial charge in [0.2, 0.25) is 5.91 Å². The number of amides is 1. The van der Waals surface area contributed by atoms with Gasteiger partial charge in [0.1, 0.15) is 0 Å². The lowest BCUT2D eigenvalue weighted by atomic mass is 9.92. The topological polar surface area (TPSA) is 66.4 Å². The molecule has 1 amide bonds. The van der Waals surface area contributed by atoms with Crippen LogP contribution in [0.3, 0.4) is 0 Å². The number of carbonyl (C=O) groups excluding carboxylic acids is 1. The number of hydrogen-bond donors (Lipinski definition) is 2. The standard InChI is InChI=1S/C21H25NO3/c1-5-19(13(2)3)20(23)22-18-11-16(10-17(12-18)21(24)25)15-8-6-14(4)7-9-15/h6-13,19H,5H2,1-4H3,(H,22,23)(H,24,25). The molecule has 0 radical (unpaired) electrons. The molecule has 1 unspecified atom stereocenters. The second kappa shape index (κ2) is 7.97. The van der Waals surface area contributed by atoms with Crippen molar-refractivity contribution in [2.75, 3.05) is 5.32 Å². The molecule has 0 bridgehead atoms. The average Bonchev–Trinajstić information content (AvgIpc) is 2.55. The highest BCUT2D eigenvalue weighted by atomic mass is 16.4. The molecule has 0 aliphatic rings. The number of nitrogens with one attached hydrogen (secondary N) is 1. The Morgan fingerprint density at radius 3 is 2.20 bits per heavy atom. The van der Waals surface area contributed by atoms with Crippen LogP contribution in [-0.2, 0) is 4.79 Å². The molecule has 0 saturated carbocycles. The highest BCUT2D eigenvalue weighted by molar-refractivity contribution is 5.96. The van der Waals surface area contributed by atoms with Gasteiger partial charge in [-0.15, -0.1) is 0 Å². The summed E-state index contributed by atoms with van der Waals surface area (Å²) in [4.78, 5) is 24.0. The zero-order valence-electron chi connectivity index (χ0n) is 15.2. The van der Waals surface area contributed by atoms with E-state index in [2.05, 4.69) is 5.32 Å². The van der Waals surface area contributed by atoms with Crippen LogP contribution < -0.4 is 5.32 Å². The van der Waals surface area contributed by atoms with Crippen LogP contribution >= 0.6 is 0 Å². The van der Waals surface area contributed by atoms with Gasteiger partial charge in [-0.1, -0.05) is 50.6 Å². The van der Waals surface area contributed by atoms with Gasteiger partial charge in [0, 0.05) is 11.6 Å². The highest BCUT2D eigenvalue weighted by Gasteiger charge is 2.20. The van der Waals surface area contributed by atoms with Crippen molar-refractivity contribution < 1.29 is 14.7 Å². The maximum atomic E-state index is 12.5. The first kappa shape index (κ1) is 18.7. The maximum absolute atomic E-state index is 12.5. The summed E-state index contributed by atoms with van der Waals surface area (Å²) in [5.41, 5.74) is 3.49. The maximum Gasteiger partial charge on any atom is 0.335 e. The van der Waals surface area contributed by atoms with Crippen LogP contribution in [0.25, 0.3) is 11.1 Å². The summed E-state index contributed by atoms with van der Waals surface area (Å²) in [5, 5.41) is 12.3. The number of hydrogen-bond acceptors (Lipinski definition) is 2. The van der Waals surface area contributed by atoms with E-state index in [1.807, 2.05) is 58.0 Å². The fourth-order valence-corrected chi connectivity index (χ4v) is 2.93. The van der Waals surface area contributed by atoms with E-state index in [0.717, 1.165) is 23.1 Å². The lowest BCUT2D eigenvalue weighted by Gasteiger charge is -2.19. The molecule has 132 valence electrons. The largest absolute Gasteiger partial charge is 0.478 e. The Morgan fingerprint density at radius 1 is 1.04 bits per heavy atom. The van der Waals surface area contributed by atoms with Crippen molar-refractivity contribution >= 4 is 17.6 Å². The molecule has 4 nitrogen and oxygen atoms in total. The number of aryl methyl sites for hydroxylation is 1. The van der Waals surface area contributed by atoms with Crippen molar-refractivity contribution in [3.05, 3.63) is 53.6 Å². The first-order valence-electron chi connectivity index (χ1n) is 8.58. The monoisotopic (exact) mass is 339 g/mol.